The number of anilines is 1. The SMILES string of the molecule is c1ccc(CNc2ccc3[nH]ncc3c2)nc1. The van der Waals surface area contributed by atoms with Gasteiger partial charge in [0.2, 0.25) is 0 Å². The van der Waals surface area contributed by atoms with Crippen LogP contribution in [0.25, 0.3) is 10.9 Å². The lowest BCUT2D eigenvalue weighted by Crippen LogP contribution is -2.00. The topological polar surface area (TPSA) is 53.6 Å². The van der Waals surface area contributed by atoms with E-state index in [1.54, 1.807) is 6.20 Å². The van der Waals surface area contributed by atoms with Gasteiger partial charge in [0, 0.05) is 17.3 Å². The number of fused-ring (bicyclic) bond motifs is 1. The molecule has 2 aromatic heterocycles. The van der Waals surface area contributed by atoms with Crippen LogP contribution in [0.5, 0.6) is 0 Å². The first kappa shape index (κ1) is 9.84. The Kier molecular flexibility index (Phi) is 2.46. The minimum absolute atomic E-state index is 0.726. The van der Waals surface area contributed by atoms with Crippen molar-refractivity contribution in [3.63, 3.8) is 0 Å². The van der Waals surface area contributed by atoms with Gasteiger partial charge in [-0.1, -0.05) is 6.07 Å². The van der Waals surface area contributed by atoms with Crippen molar-refractivity contribution in [3.05, 3.63) is 54.5 Å². The van der Waals surface area contributed by atoms with E-state index < -0.39 is 0 Å². The molecule has 0 bridgehead atoms. The number of H-pyrrole nitrogens is 1. The summed E-state index contributed by atoms with van der Waals surface area (Å²) in [7, 11) is 0. The first-order chi connectivity index (χ1) is 8.42. The zero-order valence-electron chi connectivity index (χ0n) is 9.22. The van der Waals surface area contributed by atoms with Gasteiger partial charge in [0.05, 0.1) is 24.0 Å². The first-order valence-electron chi connectivity index (χ1n) is 5.49. The summed E-state index contributed by atoms with van der Waals surface area (Å²) < 4.78 is 0. The van der Waals surface area contributed by atoms with E-state index in [0.29, 0.717) is 0 Å². The third-order valence-corrected chi connectivity index (χ3v) is 2.64. The third-order valence-electron chi connectivity index (χ3n) is 2.64. The molecule has 0 aliphatic carbocycles. The van der Waals surface area contributed by atoms with Crippen molar-refractivity contribution in [1.82, 2.24) is 15.2 Å². The largest absolute Gasteiger partial charge is 0.379 e. The second kappa shape index (κ2) is 4.25. The van der Waals surface area contributed by atoms with Gasteiger partial charge in [-0.2, -0.15) is 5.10 Å². The lowest BCUT2D eigenvalue weighted by molar-refractivity contribution is 1.05. The third kappa shape index (κ3) is 2.10. The molecule has 0 saturated heterocycles. The Morgan fingerprint density at radius 3 is 3.06 bits per heavy atom. The van der Waals surface area contributed by atoms with Gasteiger partial charge in [-0.25, -0.2) is 0 Å². The summed E-state index contributed by atoms with van der Waals surface area (Å²) in [5.74, 6) is 0. The first-order valence-corrected chi connectivity index (χ1v) is 5.49. The molecule has 4 nitrogen and oxygen atoms in total. The van der Waals surface area contributed by atoms with Crippen molar-refractivity contribution in [1.29, 1.82) is 0 Å². The summed E-state index contributed by atoms with van der Waals surface area (Å²) >= 11 is 0. The Hall–Kier alpha value is -2.36. The Bertz CT molecular complexity index is 615. The number of pyridine rings is 1. The van der Waals surface area contributed by atoms with Gasteiger partial charge in [-0.15, -0.1) is 0 Å². The molecule has 17 heavy (non-hydrogen) atoms. The summed E-state index contributed by atoms with van der Waals surface area (Å²) in [5, 5.41) is 11.4. The molecule has 0 amide bonds. The van der Waals surface area contributed by atoms with E-state index in [4.69, 9.17) is 0 Å². The van der Waals surface area contributed by atoms with E-state index in [1.165, 1.54) is 0 Å². The molecule has 0 saturated carbocycles. The number of hydrogen-bond donors (Lipinski definition) is 2. The molecule has 0 aliphatic heterocycles. The number of rotatable bonds is 3. The Morgan fingerprint density at radius 1 is 1.18 bits per heavy atom. The number of aromatic nitrogens is 3. The predicted molar refractivity (Wildman–Crippen MR) is 67.7 cm³/mol. The van der Waals surface area contributed by atoms with Crippen molar-refractivity contribution in [2.45, 2.75) is 6.54 Å². The maximum absolute atomic E-state index is 4.27. The van der Waals surface area contributed by atoms with Crippen LogP contribution in [0.3, 0.4) is 0 Å². The number of aromatic amines is 1. The summed E-state index contributed by atoms with van der Waals surface area (Å²) in [5.41, 5.74) is 3.15. The maximum atomic E-state index is 4.27. The summed E-state index contributed by atoms with van der Waals surface area (Å²) in [6.07, 6.45) is 3.62. The van der Waals surface area contributed by atoms with Gasteiger partial charge in [0.25, 0.3) is 0 Å². The minimum atomic E-state index is 0.726. The molecule has 2 N–H and O–H groups in total. The van der Waals surface area contributed by atoms with E-state index in [9.17, 15) is 0 Å². The zero-order chi connectivity index (χ0) is 11.5. The molecule has 3 aromatic rings. The van der Waals surface area contributed by atoms with Crippen LogP contribution in [-0.4, -0.2) is 15.2 Å². The van der Waals surface area contributed by atoms with Crippen molar-refractivity contribution < 1.29 is 0 Å². The molecule has 0 unspecified atom stereocenters. The monoisotopic (exact) mass is 224 g/mol. The standard InChI is InChI=1S/C13H12N4/c1-2-6-14-12(3-1)9-15-11-4-5-13-10(7-11)8-16-17-13/h1-8,15H,9H2,(H,16,17). The van der Waals surface area contributed by atoms with Crippen LogP contribution in [0.4, 0.5) is 5.69 Å². The highest BCUT2D eigenvalue weighted by molar-refractivity contribution is 5.81. The zero-order valence-corrected chi connectivity index (χ0v) is 9.22. The molecular weight excluding hydrogens is 212 g/mol. The van der Waals surface area contributed by atoms with Gasteiger partial charge in [-0.3, -0.25) is 10.1 Å². The number of benzene rings is 1. The quantitative estimate of drug-likeness (QED) is 0.719. The van der Waals surface area contributed by atoms with Crippen molar-refractivity contribution in [2.24, 2.45) is 0 Å². The lowest BCUT2D eigenvalue weighted by atomic mass is 10.2. The van der Waals surface area contributed by atoms with Crippen LogP contribution in [0.15, 0.2) is 48.8 Å². The van der Waals surface area contributed by atoms with Gasteiger partial charge >= 0.3 is 0 Å². The van der Waals surface area contributed by atoms with Crippen molar-refractivity contribution in [2.75, 3.05) is 5.32 Å². The molecular formula is C13H12N4. The maximum Gasteiger partial charge on any atom is 0.0651 e. The Labute approximate surface area is 98.7 Å². The van der Waals surface area contributed by atoms with E-state index in [2.05, 4.69) is 26.6 Å². The van der Waals surface area contributed by atoms with Gasteiger partial charge in [0.15, 0.2) is 0 Å². The summed E-state index contributed by atoms with van der Waals surface area (Å²) in [6.45, 7) is 0.726. The molecule has 3 rings (SSSR count). The number of hydrogen-bond acceptors (Lipinski definition) is 3. The Morgan fingerprint density at radius 2 is 2.18 bits per heavy atom. The summed E-state index contributed by atoms with van der Waals surface area (Å²) in [4.78, 5) is 4.27. The highest BCUT2D eigenvalue weighted by Gasteiger charge is 1.98. The minimum Gasteiger partial charge on any atom is -0.379 e. The second-order valence-electron chi connectivity index (χ2n) is 3.85. The predicted octanol–water partition coefficient (Wildman–Crippen LogP) is 2.57. The van der Waals surface area contributed by atoms with Crippen LogP contribution >= 0.6 is 0 Å². The van der Waals surface area contributed by atoms with E-state index in [0.717, 1.165) is 28.8 Å². The molecule has 0 spiro atoms. The smallest absolute Gasteiger partial charge is 0.0651 e. The van der Waals surface area contributed by atoms with Crippen LogP contribution in [-0.2, 0) is 6.54 Å². The molecule has 0 fully saturated rings. The molecule has 4 heteroatoms. The average Bonchev–Trinajstić information content (AvgIpc) is 2.85. The number of nitrogens with zero attached hydrogens (tertiary/aromatic N) is 2. The van der Waals surface area contributed by atoms with Gasteiger partial charge < -0.3 is 5.32 Å². The average molecular weight is 224 g/mol. The van der Waals surface area contributed by atoms with Crippen LogP contribution in [0.2, 0.25) is 0 Å². The van der Waals surface area contributed by atoms with Crippen LogP contribution in [0, 0.1) is 0 Å². The fraction of sp³-hybridized carbons (Fsp3) is 0.0769. The lowest BCUT2D eigenvalue weighted by Gasteiger charge is -2.05. The van der Waals surface area contributed by atoms with Crippen LogP contribution in [0.1, 0.15) is 5.69 Å². The second-order valence-corrected chi connectivity index (χ2v) is 3.85. The molecule has 1 aromatic carbocycles. The highest BCUT2D eigenvalue weighted by atomic mass is 15.1. The van der Waals surface area contributed by atoms with Crippen LogP contribution < -0.4 is 5.32 Å². The highest BCUT2D eigenvalue weighted by Crippen LogP contribution is 2.17. The van der Waals surface area contributed by atoms with E-state index in [1.807, 2.05) is 36.5 Å². The molecule has 2 heterocycles. The van der Waals surface area contributed by atoms with E-state index >= 15 is 0 Å². The van der Waals surface area contributed by atoms with Crippen molar-refractivity contribution >= 4 is 16.6 Å². The fourth-order valence-electron chi connectivity index (χ4n) is 1.75. The molecule has 0 radical (unpaired) electrons. The Balaban J connectivity index is 1.76. The molecule has 0 aliphatic rings. The van der Waals surface area contributed by atoms with E-state index in [-0.39, 0.29) is 0 Å². The number of nitrogens with one attached hydrogen (secondary N) is 2. The van der Waals surface area contributed by atoms with Crippen molar-refractivity contribution in [3.8, 4) is 0 Å². The normalized spacial score (nSPS) is 10.6. The van der Waals surface area contributed by atoms with Gasteiger partial charge in [-0.05, 0) is 30.3 Å². The van der Waals surface area contributed by atoms with Gasteiger partial charge in [0.1, 0.15) is 0 Å². The fourth-order valence-corrected chi connectivity index (χ4v) is 1.75. The summed E-state index contributed by atoms with van der Waals surface area (Å²) in [6, 6.07) is 12.0. The molecule has 84 valence electrons. The molecule has 0 atom stereocenters.